The normalized spacial score (nSPS) is 10.0. The number of hydrogen-bond acceptors (Lipinski definition) is 3. The lowest BCUT2D eigenvalue weighted by Gasteiger charge is -2.01. The highest BCUT2D eigenvalue weighted by Gasteiger charge is 2.04. The fourth-order valence-electron chi connectivity index (χ4n) is 1.12. The number of aryl methyl sites for hydroxylation is 2. The van der Waals surface area contributed by atoms with E-state index in [0.29, 0.717) is 11.5 Å². The summed E-state index contributed by atoms with van der Waals surface area (Å²) in [5, 5.41) is 8.56. The van der Waals surface area contributed by atoms with Gasteiger partial charge in [0.1, 0.15) is 5.82 Å². The molecule has 0 atom stereocenters. The summed E-state index contributed by atoms with van der Waals surface area (Å²) >= 11 is 0. The molecule has 0 aliphatic heterocycles. The van der Waals surface area contributed by atoms with Gasteiger partial charge in [-0.3, -0.25) is 4.79 Å². The second-order valence-corrected chi connectivity index (χ2v) is 2.82. The van der Waals surface area contributed by atoms with Gasteiger partial charge < -0.3 is 5.11 Å². The van der Waals surface area contributed by atoms with Gasteiger partial charge in [0, 0.05) is 5.69 Å². The van der Waals surface area contributed by atoms with Crippen molar-refractivity contribution in [2.24, 2.45) is 0 Å². The number of aliphatic carboxylic acids is 1. The van der Waals surface area contributed by atoms with Crippen molar-refractivity contribution in [2.75, 3.05) is 0 Å². The molecule has 0 saturated carbocycles. The Balaban J connectivity index is 2.94. The van der Waals surface area contributed by atoms with Crippen LogP contribution in [0.2, 0.25) is 0 Å². The molecule has 0 aliphatic rings. The summed E-state index contributed by atoms with van der Waals surface area (Å²) < 4.78 is 0. The standard InChI is InChI=1S/C9H12N2O2/c1-3-7-4-8(5-9(12)13)11-6(2)10-7/h4H,3,5H2,1-2H3,(H,12,13). The van der Waals surface area contributed by atoms with Gasteiger partial charge in [0.2, 0.25) is 0 Å². The van der Waals surface area contributed by atoms with Gasteiger partial charge in [-0.15, -0.1) is 0 Å². The molecule has 0 fully saturated rings. The van der Waals surface area contributed by atoms with E-state index in [9.17, 15) is 4.79 Å². The number of rotatable bonds is 3. The quantitative estimate of drug-likeness (QED) is 0.753. The summed E-state index contributed by atoms with van der Waals surface area (Å²) in [5.41, 5.74) is 1.47. The molecule has 1 aromatic heterocycles. The highest BCUT2D eigenvalue weighted by Crippen LogP contribution is 2.02. The Bertz CT molecular complexity index is 323. The van der Waals surface area contributed by atoms with Gasteiger partial charge in [-0.05, 0) is 19.4 Å². The minimum Gasteiger partial charge on any atom is -0.481 e. The number of carbonyl (C=O) groups is 1. The Morgan fingerprint density at radius 3 is 2.62 bits per heavy atom. The van der Waals surface area contributed by atoms with Crippen molar-refractivity contribution < 1.29 is 9.90 Å². The fraction of sp³-hybridized carbons (Fsp3) is 0.444. The first-order valence-electron chi connectivity index (χ1n) is 4.17. The van der Waals surface area contributed by atoms with Gasteiger partial charge in [-0.2, -0.15) is 0 Å². The van der Waals surface area contributed by atoms with E-state index in [4.69, 9.17) is 5.11 Å². The van der Waals surface area contributed by atoms with E-state index in [1.54, 1.807) is 13.0 Å². The van der Waals surface area contributed by atoms with E-state index in [1.807, 2.05) is 6.92 Å². The maximum atomic E-state index is 10.4. The molecule has 70 valence electrons. The van der Waals surface area contributed by atoms with E-state index in [0.717, 1.165) is 12.1 Å². The summed E-state index contributed by atoms with van der Waals surface area (Å²) in [6.45, 7) is 3.75. The van der Waals surface area contributed by atoms with Crippen LogP contribution in [0, 0.1) is 6.92 Å². The molecule has 0 bridgehead atoms. The predicted octanol–water partition coefficient (Wildman–Crippen LogP) is 0.975. The van der Waals surface area contributed by atoms with Gasteiger partial charge in [-0.25, -0.2) is 9.97 Å². The highest BCUT2D eigenvalue weighted by atomic mass is 16.4. The largest absolute Gasteiger partial charge is 0.481 e. The van der Waals surface area contributed by atoms with Crippen molar-refractivity contribution in [3.63, 3.8) is 0 Å². The molecule has 0 radical (unpaired) electrons. The number of nitrogens with zero attached hydrogens (tertiary/aromatic N) is 2. The Hall–Kier alpha value is -1.45. The van der Waals surface area contributed by atoms with Crippen LogP contribution in [-0.4, -0.2) is 21.0 Å². The third-order valence-electron chi connectivity index (χ3n) is 1.64. The molecule has 1 heterocycles. The Kier molecular flexibility index (Phi) is 2.95. The van der Waals surface area contributed by atoms with Crippen molar-refractivity contribution in [3.8, 4) is 0 Å². The number of carboxylic acids is 1. The zero-order valence-corrected chi connectivity index (χ0v) is 7.74. The minimum atomic E-state index is -0.861. The molecule has 1 aromatic rings. The monoisotopic (exact) mass is 180 g/mol. The molecular formula is C9H12N2O2. The lowest BCUT2D eigenvalue weighted by atomic mass is 10.2. The van der Waals surface area contributed by atoms with Gasteiger partial charge in [0.15, 0.2) is 0 Å². The van der Waals surface area contributed by atoms with Crippen molar-refractivity contribution in [2.45, 2.75) is 26.7 Å². The first kappa shape index (κ1) is 9.64. The van der Waals surface area contributed by atoms with Crippen molar-refractivity contribution >= 4 is 5.97 Å². The van der Waals surface area contributed by atoms with E-state index in [-0.39, 0.29) is 6.42 Å². The summed E-state index contributed by atoms with van der Waals surface area (Å²) in [6.07, 6.45) is 0.770. The first-order chi connectivity index (χ1) is 6.11. The minimum absolute atomic E-state index is 0.0314. The molecule has 0 saturated heterocycles. The van der Waals surface area contributed by atoms with Crippen LogP contribution in [0.4, 0.5) is 0 Å². The number of hydrogen-bond donors (Lipinski definition) is 1. The van der Waals surface area contributed by atoms with Crippen LogP contribution in [0.5, 0.6) is 0 Å². The van der Waals surface area contributed by atoms with Crippen LogP contribution in [0.1, 0.15) is 24.1 Å². The molecule has 13 heavy (non-hydrogen) atoms. The highest BCUT2D eigenvalue weighted by molar-refractivity contribution is 5.69. The van der Waals surface area contributed by atoms with E-state index >= 15 is 0 Å². The summed E-state index contributed by atoms with van der Waals surface area (Å²) in [6, 6.07) is 1.74. The Morgan fingerprint density at radius 2 is 2.08 bits per heavy atom. The fourth-order valence-corrected chi connectivity index (χ4v) is 1.12. The molecular weight excluding hydrogens is 168 g/mol. The molecule has 0 unspecified atom stereocenters. The third kappa shape index (κ3) is 2.82. The summed E-state index contributed by atoms with van der Waals surface area (Å²) in [4.78, 5) is 18.6. The van der Waals surface area contributed by atoms with Gasteiger partial charge in [0.05, 0.1) is 12.1 Å². The van der Waals surface area contributed by atoms with Crippen molar-refractivity contribution in [3.05, 3.63) is 23.3 Å². The van der Waals surface area contributed by atoms with Gasteiger partial charge in [0.25, 0.3) is 0 Å². The van der Waals surface area contributed by atoms with Crippen LogP contribution in [0.15, 0.2) is 6.07 Å². The van der Waals surface area contributed by atoms with Gasteiger partial charge in [-0.1, -0.05) is 6.92 Å². The maximum absolute atomic E-state index is 10.4. The zero-order valence-electron chi connectivity index (χ0n) is 7.74. The molecule has 0 aliphatic carbocycles. The average molecular weight is 180 g/mol. The van der Waals surface area contributed by atoms with E-state index in [1.165, 1.54) is 0 Å². The van der Waals surface area contributed by atoms with Crippen LogP contribution >= 0.6 is 0 Å². The van der Waals surface area contributed by atoms with Crippen LogP contribution in [0.3, 0.4) is 0 Å². The molecule has 0 amide bonds. The molecule has 1 rings (SSSR count). The number of aromatic nitrogens is 2. The second-order valence-electron chi connectivity index (χ2n) is 2.82. The molecule has 0 spiro atoms. The average Bonchev–Trinajstić information content (AvgIpc) is 2.01. The SMILES string of the molecule is CCc1cc(CC(=O)O)nc(C)n1. The molecule has 0 aromatic carbocycles. The van der Waals surface area contributed by atoms with Crippen LogP contribution < -0.4 is 0 Å². The lowest BCUT2D eigenvalue weighted by Crippen LogP contribution is -2.05. The smallest absolute Gasteiger partial charge is 0.309 e. The molecule has 4 heteroatoms. The van der Waals surface area contributed by atoms with E-state index < -0.39 is 5.97 Å². The molecule has 1 N–H and O–H groups in total. The topological polar surface area (TPSA) is 63.1 Å². The maximum Gasteiger partial charge on any atom is 0.309 e. The molecule has 4 nitrogen and oxygen atoms in total. The van der Waals surface area contributed by atoms with Crippen LogP contribution in [-0.2, 0) is 17.6 Å². The van der Waals surface area contributed by atoms with Crippen molar-refractivity contribution in [1.82, 2.24) is 9.97 Å². The predicted molar refractivity (Wildman–Crippen MR) is 47.5 cm³/mol. The lowest BCUT2D eigenvalue weighted by molar-refractivity contribution is -0.136. The van der Waals surface area contributed by atoms with E-state index in [2.05, 4.69) is 9.97 Å². The summed E-state index contributed by atoms with van der Waals surface area (Å²) in [5.74, 6) is -0.226. The third-order valence-corrected chi connectivity index (χ3v) is 1.64. The Morgan fingerprint density at radius 1 is 1.46 bits per heavy atom. The Labute approximate surface area is 76.7 Å². The first-order valence-corrected chi connectivity index (χ1v) is 4.17. The zero-order chi connectivity index (χ0) is 9.84. The second kappa shape index (κ2) is 3.98. The number of carboxylic acid groups (broad SMARTS) is 1. The summed E-state index contributed by atoms with van der Waals surface area (Å²) in [7, 11) is 0. The van der Waals surface area contributed by atoms with Crippen molar-refractivity contribution in [1.29, 1.82) is 0 Å². The van der Waals surface area contributed by atoms with Crippen LogP contribution in [0.25, 0.3) is 0 Å². The van der Waals surface area contributed by atoms with Gasteiger partial charge >= 0.3 is 5.97 Å².